The molecule has 0 aliphatic carbocycles. The minimum Gasteiger partial charge on any atom is -0.497 e. The van der Waals surface area contributed by atoms with Gasteiger partial charge in [-0.1, -0.05) is 0 Å². The molecule has 0 radical (unpaired) electrons. The number of rotatable bonds is 13. The average Bonchev–Trinajstić information content (AvgIpc) is 3.19. The lowest BCUT2D eigenvalue weighted by Gasteiger charge is -2.25. The molecule has 7 nitrogen and oxygen atoms in total. The summed E-state index contributed by atoms with van der Waals surface area (Å²) < 4.78 is 26.6. The first-order valence-electron chi connectivity index (χ1n) is 8.86. The number of methoxy groups -OCH3 is 3. The molecule has 1 aromatic heterocycles. The van der Waals surface area contributed by atoms with Crippen molar-refractivity contribution in [3.8, 4) is 11.5 Å². The lowest BCUT2D eigenvalue weighted by molar-refractivity contribution is 0.000475. The Morgan fingerprint density at radius 2 is 1.85 bits per heavy atom. The van der Waals surface area contributed by atoms with Crippen LogP contribution in [0.2, 0.25) is 0 Å². The summed E-state index contributed by atoms with van der Waals surface area (Å²) in [6.07, 6.45) is 0.980. The van der Waals surface area contributed by atoms with Crippen LogP contribution in [0.4, 0.5) is 0 Å². The van der Waals surface area contributed by atoms with Crippen molar-refractivity contribution < 1.29 is 28.5 Å². The molecule has 1 aromatic carbocycles. The standard InChI is InChI=1S/C20H29NO6/c1-23-8-6-21(12-16-9-19(24-2)11-20(10-16)25-3)13-17(22)14-26-15-18-5-4-7-27-18/h4-5,7,9-11,17,22H,6,8,12-15H2,1-3H3/t17-/m1/s1. The van der Waals surface area contributed by atoms with Crippen molar-refractivity contribution >= 4 is 0 Å². The summed E-state index contributed by atoms with van der Waals surface area (Å²) in [6, 6.07) is 9.40. The van der Waals surface area contributed by atoms with Crippen molar-refractivity contribution in [3.63, 3.8) is 0 Å². The Bertz CT molecular complexity index is 624. The van der Waals surface area contributed by atoms with E-state index in [1.165, 1.54) is 0 Å². The minimum atomic E-state index is -0.621. The molecular weight excluding hydrogens is 350 g/mol. The lowest BCUT2D eigenvalue weighted by atomic mass is 10.1. The van der Waals surface area contributed by atoms with E-state index in [0.29, 0.717) is 32.8 Å². The summed E-state index contributed by atoms with van der Waals surface area (Å²) in [7, 11) is 4.92. The van der Waals surface area contributed by atoms with E-state index in [0.717, 1.165) is 22.8 Å². The topological polar surface area (TPSA) is 73.5 Å². The molecule has 0 unspecified atom stereocenters. The van der Waals surface area contributed by atoms with Crippen LogP contribution < -0.4 is 9.47 Å². The Kier molecular flexibility index (Phi) is 9.13. The van der Waals surface area contributed by atoms with E-state index in [1.807, 2.05) is 30.3 Å². The Balaban J connectivity index is 1.91. The molecule has 7 heteroatoms. The second-order valence-electron chi connectivity index (χ2n) is 6.20. The third-order valence-electron chi connectivity index (χ3n) is 4.03. The zero-order valence-corrected chi connectivity index (χ0v) is 16.2. The second kappa shape index (κ2) is 11.6. The Morgan fingerprint density at radius 1 is 1.11 bits per heavy atom. The van der Waals surface area contributed by atoms with Gasteiger partial charge >= 0.3 is 0 Å². The maximum Gasteiger partial charge on any atom is 0.129 e. The molecule has 0 aliphatic rings. The van der Waals surface area contributed by atoms with E-state index >= 15 is 0 Å². The van der Waals surface area contributed by atoms with Gasteiger partial charge in [0, 0.05) is 32.8 Å². The highest BCUT2D eigenvalue weighted by Crippen LogP contribution is 2.23. The van der Waals surface area contributed by atoms with Gasteiger partial charge in [0.25, 0.3) is 0 Å². The fourth-order valence-electron chi connectivity index (χ4n) is 2.71. The van der Waals surface area contributed by atoms with Crippen LogP contribution >= 0.6 is 0 Å². The first-order valence-corrected chi connectivity index (χ1v) is 8.86. The molecule has 1 heterocycles. The van der Waals surface area contributed by atoms with Crippen molar-refractivity contribution in [2.75, 3.05) is 47.6 Å². The summed E-state index contributed by atoms with van der Waals surface area (Å²) in [5.74, 6) is 2.21. The molecule has 2 rings (SSSR count). The molecule has 1 atom stereocenters. The maximum absolute atomic E-state index is 10.3. The summed E-state index contributed by atoms with van der Waals surface area (Å²) in [5, 5.41) is 10.3. The van der Waals surface area contributed by atoms with Crippen LogP contribution in [0.15, 0.2) is 41.0 Å². The number of hydrogen-bond acceptors (Lipinski definition) is 7. The van der Waals surface area contributed by atoms with Crippen LogP contribution in [0.5, 0.6) is 11.5 Å². The highest BCUT2D eigenvalue weighted by atomic mass is 16.5. The van der Waals surface area contributed by atoms with Crippen LogP contribution in [0.1, 0.15) is 11.3 Å². The van der Waals surface area contributed by atoms with Crippen LogP contribution in [0.3, 0.4) is 0 Å². The van der Waals surface area contributed by atoms with Crippen molar-refractivity contribution in [3.05, 3.63) is 47.9 Å². The predicted molar refractivity (Wildman–Crippen MR) is 101 cm³/mol. The first-order chi connectivity index (χ1) is 13.1. The maximum atomic E-state index is 10.3. The molecule has 0 fully saturated rings. The van der Waals surface area contributed by atoms with E-state index < -0.39 is 6.10 Å². The normalized spacial score (nSPS) is 12.3. The third-order valence-corrected chi connectivity index (χ3v) is 4.03. The van der Waals surface area contributed by atoms with Crippen LogP contribution in [0, 0.1) is 0 Å². The molecular formula is C20H29NO6. The van der Waals surface area contributed by atoms with Crippen LogP contribution in [0.25, 0.3) is 0 Å². The zero-order chi connectivity index (χ0) is 19.5. The number of nitrogens with zero attached hydrogens (tertiary/aromatic N) is 1. The fraction of sp³-hybridized carbons (Fsp3) is 0.500. The molecule has 2 aromatic rings. The first kappa shape index (κ1) is 21.2. The molecule has 1 N–H and O–H groups in total. The summed E-state index contributed by atoms with van der Waals surface area (Å²) >= 11 is 0. The van der Waals surface area contributed by atoms with Crippen molar-refractivity contribution in [2.24, 2.45) is 0 Å². The SMILES string of the molecule is COCCN(Cc1cc(OC)cc(OC)c1)C[C@@H](O)COCc1ccco1. The van der Waals surface area contributed by atoms with E-state index in [1.54, 1.807) is 27.6 Å². The highest BCUT2D eigenvalue weighted by molar-refractivity contribution is 5.38. The second-order valence-corrected chi connectivity index (χ2v) is 6.20. The highest BCUT2D eigenvalue weighted by Gasteiger charge is 2.14. The molecule has 150 valence electrons. The molecule has 0 saturated heterocycles. The molecule has 0 aliphatic heterocycles. The van der Waals surface area contributed by atoms with Gasteiger partial charge < -0.3 is 28.5 Å². The van der Waals surface area contributed by atoms with E-state index in [-0.39, 0.29) is 6.61 Å². The third kappa shape index (κ3) is 7.60. The van der Waals surface area contributed by atoms with Gasteiger partial charge in [0.2, 0.25) is 0 Å². The number of ether oxygens (including phenoxy) is 4. The molecule has 0 bridgehead atoms. The van der Waals surface area contributed by atoms with Gasteiger partial charge in [-0.3, -0.25) is 4.90 Å². The van der Waals surface area contributed by atoms with Gasteiger partial charge in [0.1, 0.15) is 23.9 Å². The summed E-state index contributed by atoms with van der Waals surface area (Å²) in [4.78, 5) is 2.11. The summed E-state index contributed by atoms with van der Waals surface area (Å²) in [6.45, 7) is 2.92. The largest absolute Gasteiger partial charge is 0.497 e. The molecule has 0 saturated carbocycles. The van der Waals surface area contributed by atoms with Gasteiger partial charge in [-0.15, -0.1) is 0 Å². The van der Waals surface area contributed by atoms with Crippen LogP contribution in [-0.4, -0.2) is 63.7 Å². The zero-order valence-electron chi connectivity index (χ0n) is 16.2. The molecule has 0 amide bonds. The van der Waals surface area contributed by atoms with Crippen molar-refractivity contribution in [2.45, 2.75) is 19.3 Å². The molecule has 27 heavy (non-hydrogen) atoms. The van der Waals surface area contributed by atoms with Crippen LogP contribution in [-0.2, 0) is 22.6 Å². The predicted octanol–water partition coefficient (Wildman–Crippen LogP) is 2.32. The smallest absolute Gasteiger partial charge is 0.129 e. The Hall–Kier alpha value is -2.06. The molecule has 0 spiro atoms. The Labute approximate surface area is 160 Å². The quantitative estimate of drug-likeness (QED) is 0.572. The van der Waals surface area contributed by atoms with E-state index in [9.17, 15) is 5.11 Å². The van der Waals surface area contributed by atoms with Crippen molar-refractivity contribution in [1.29, 1.82) is 0 Å². The Morgan fingerprint density at radius 3 is 2.44 bits per heavy atom. The van der Waals surface area contributed by atoms with E-state index in [2.05, 4.69) is 4.90 Å². The summed E-state index contributed by atoms with van der Waals surface area (Å²) in [5.41, 5.74) is 1.03. The van der Waals surface area contributed by atoms with Crippen molar-refractivity contribution in [1.82, 2.24) is 4.90 Å². The van der Waals surface area contributed by atoms with E-state index in [4.69, 9.17) is 23.4 Å². The lowest BCUT2D eigenvalue weighted by Crippen LogP contribution is -2.36. The number of benzene rings is 1. The number of hydrogen-bond donors (Lipinski definition) is 1. The number of aliphatic hydroxyl groups excluding tert-OH is 1. The monoisotopic (exact) mass is 379 g/mol. The number of furan rings is 1. The number of aliphatic hydroxyl groups is 1. The van der Waals surface area contributed by atoms with Gasteiger partial charge in [-0.2, -0.15) is 0 Å². The van der Waals surface area contributed by atoms with Gasteiger partial charge in [0.15, 0.2) is 0 Å². The van der Waals surface area contributed by atoms with Gasteiger partial charge in [-0.25, -0.2) is 0 Å². The average molecular weight is 379 g/mol. The van der Waals surface area contributed by atoms with Gasteiger partial charge in [-0.05, 0) is 29.8 Å². The fourth-order valence-corrected chi connectivity index (χ4v) is 2.71. The van der Waals surface area contributed by atoms with Gasteiger partial charge in [0.05, 0.1) is 39.8 Å². The minimum absolute atomic E-state index is 0.228.